The van der Waals surface area contributed by atoms with Gasteiger partial charge in [0.25, 0.3) is 5.91 Å². The predicted octanol–water partition coefficient (Wildman–Crippen LogP) is 0.679. The minimum absolute atomic E-state index is 0.0793. The summed E-state index contributed by atoms with van der Waals surface area (Å²) in [6, 6.07) is -0.425. The molecular formula is C8H14N2O2. The van der Waals surface area contributed by atoms with Crippen LogP contribution in [0.5, 0.6) is 0 Å². The largest absolute Gasteiger partial charge is 0.326 e. The third-order valence-corrected chi connectivity index (χ3v) is 2.23. The zero-order valence-corrected chi connectivity index (χ0v) is 7.70. The Bertz CT molecular complexity index is 215. The highest BCUT2D eigenvalue weighted by molar-refractivity contribution is 6.03. The molecule has 0 aromatic carbocycles. The Morgan fingerprint density at radius 1 is 1.33 bits per heavy atom. The quantitative estimate of drug-likeness (QED) is 0.572. The van der Waals surface area contributed by atoms with Gasteiger partial charge < -0.3 is 4.90 Å². The summed E-state index contributed by atoms with van der Waals surface area (Å²) in [6.45, 7) is 2.00. The van der Waals surface area contributed by atoms with E-state index in [2.05, 4.69) is 0 Å². The van der Waals surface area contributed by atoms with Gasteiger partial charge in [-0.2, -0.15) is 0 Å². The van der Waals surface area contributed by atoms with Crippen LogP contribution in [-0.4, -0.2) is 41.9 Å². The number of hydrogen-bond acceptors (Lipinski definition) is 2. The SMILES string of the molecule is CCCC1C(=O)N(C)C(=O)N1C. The van der Waals surface area contributed by atoms with Gasteiger partial charge in [0.05, 0.1) is 0 Å². The summed E-state index contributed by atoms with van der Waals surface area (Å²) in [5.74, 6) is -0.0793. The van der Waals surface area contributed by atoms with E-state index in [9.17, 15) is 9.59 Å². The minimum atomic E-state index is -0.229. The van der Waals surface area contributed by atoms with Crippen molar-refractivity contribution in [3.8, 4) is 0 Å². The first kappa shape index (κ1) is 9.03. The lowest BCUT2D eigenvalue weighted by atomic mass is 10.1. The molecule has 1 saturated heterocycles. The van der Waals surface area contributed by atoms with Crippen LogP contribution >= 0.6 is 0 Å². The molecule has 0 aromatic rings. The zero-order valence-electron chi connectivity index (χ0n) is 7.70. The molecule has 0 saturated carbocycles. The summed E-state index contributed by atoms with van der Waals surface area (Å²) in [4.78, 5) is 25.3. The summed E-state index contributed by atoms with van der Waals surface area (Å²) < 4.78 is 0. The Morgan fingerprint density at radius 3 is 2.25 bits per heavy atom. The fourth-order valence-corrected chi connectivity index (χ4v) is 1.44. The highest BCUT2D eigenvalue weighted by Crippen LogP contribution is 2.17. The van der Waals surface area contributed by atoms with E-state index >= 15 is 0 Å². The number of amides is 3. The second-order valence-electron chi connectivity index (χ2n) is 3.10. The molecule has 4 nitrogen and oxygen atoms in total. The molecule has 0 spiro atoms. The molecule has 1 fully saturated rings. The van der Waals surface area contributed by atoms with Gasteiger partial charge in [0, 0.05) is 14.1 Å². The Hall–Kier alpha value is -1.06. The monoisotopic (exact) mass is 170 g/mol. The maximum absolute atomic E-state index is 11.4. The third-order valence-electron chi connectivity index (χ3n) is 2.23. The van der Waals surface area contributed by atoms with Crippen molar-refractivity contribution in [2.45, 2.75) is 25.8 Å². The van der Waals surface area contributed by atoms with Gasteiger partial charge in [-0.05, 0) is 6.42 Å². The smallest absolute Gasteiger partial charge is 0.315 e. The number of imide groups is 1. The van der Waals surface area contributed by atoms with E-state index < -0.39 is 0 Å². The van der Waals surface area contributed by atoms with Crippen molar-refractivity contribution >= 4 is 11.9 Å². The van der Waals surface area contributed by atoms with E-state index in [0.29, 0.717) is 0 Å². The van der Waals surface area contributed by atoms with E-state index in [1.807, 2.05) is 6.92 Å². The van der Waals surface area contributed by atoms with Gasteiger partial charge in [-0.1, -0.05) is 13.3 Å². The third kappa shape index (κ3) is 1.17. The number of nitrogens with zero attached hydrogens (tertiary/aromatic N) is 2. The maximum Gasteiger partial charge on any atom is 0.326 e. The summed E-state index contributed by atoms with van der Waals surface area (Å²) >= 11 is 0. The molecule has 3 amide bonds. The first-order chi connectivity index (χ1) is 5.59. The Kier molecular flexibility index (Phi) is 2.35. The van der Waals surface area contributed by atoms with Crippen LogP contribution in [0.1, 0.15) is 19.8 Å². The van der Waals surface area contributed by atoms with Crippen LogP contribution in [-0.2, 0) is 4.79 Å². The highest BCUT2D eigenvalue weighted by Gasteiger charge is 2.39. The molecule has 68 valence electrons. The molecule has 0 radical (unpaired) electrons. The van der Waals surface area contributed by atoms with Crippen LogP contribution in [0, 0.1) is 0 Å². The molecule has 0 aliphatic carbocycles. The molecule has 1 heterocycles. The Morgan fingerprint density at radius 2 is 1.92 bits per heavy atom. The fourth-order valence-electron chi connectivity index (χ4n) is 1.44. The number of hydrogen-bond donors (Lipinski definition) is 0. The van der Waals surface area contributed by atoms with Gasteiger partial charge in [-0.15, -0.1) is 0 Å². The van der Waals surface area contributed by atoms with Crippen molar-refractivity contribution in [1.29, 1.82) is 0 Å². The van der Waals surface area contributed by atoms with Crippen LogP contribution in [0.15, 0.2) is 0 Å². The lowest BCUT2D eigenvalue weighted by molar-refractivity contribution is -0.127. The predicted molar refractivity (Wildman–Crippen MR) is 44.6 cm³/mol. The molecule has 1 rings (SSSR count). The van der Waals surface area contributed by atoms with E-state index in [0.717, 1.165) is 12.8 Å². The molecule has 0 aromatic heterocycles. The Labute approximate surface area is 72.1 Å². The average molecular weight is 170 g/mol. The molecule has 4 heteroatoms. The summed E-state index contributed by atoms with van der Waals surface area (Å²) in [5, 5.41) is 0. The molecule has 1 unspecified atom stereocenters. The van der Waals surface area contributed by atoms with Gasteiger partial charge in [-0.3, -0.25) is 9.69 Å². The van der Waals surface area contributed by atoms with Crippen LogP contribution in [0.4, 0.5) is 4.79 Å². The molecule has 12 heavy (non-hydrogen) atoms. The van der Waals surface area contributed by atoms with Gasteiger partial charge >= 0.3 is 6.03 Å². The number of carbonyl (C=O) groups is 2. The average Bonchev–Trinajstić information content (AvgIpc) is 2.23. The lowest BCUT2D eigenvalue weighted by Crippen LogP contribution is -2.30. The van der Waals surface area contributed by atoms with Crippen LogP contribution in [0.2, 0.25) is 0 Å². The van der Waals surface area contributed by atoms with Crippen LogP contribution in [0.25, 0.3) is 0 Å². The normalized spacial score (nSPS) is 24.1. The van der Waals surface area contributed by atoms with Crippen molar-refractivity contribution in [3.63, 3.8) is 0 Å². The van der Waals surface area contributed by atoms with E-state index in [4.69, 9.17) is 0 Å². The van der Waals surface area contributed by atoms with Gasteiger partial charge in [0.2, 0.25) is 0 Å². The van der Waals surface area contributed by atoms with Gasteiger partial charge in [0.15, 0.2) is 0 Å². The minimum Gasteiger partial charge on any atom is -0.315 e. The van der Waals surface area contributed by atoms with Crippen molar-refractivity contribution in [2.24, 2.45) is 0 Å². The molecule has 0 bridgehead atoms. The van der Waals surface area contributed by atoms with Gasteiger partial charge in [-0.25, -0.2) is 4.79 Å². The number of likely N-dealkylation sites (N-methyl/N-ethyl adjacent to an activating group) is 2. The lowest BCUT2D eigenvalue weighted by Gasteiger charge is -2.14. The summed E-state index contributed by atoms with van der Waals surface area (Å²) in [6.07, 6.45) is 1.67. The van der Waals surface area contributed by atoms with Crippen molar-refractivity contribution < 1.29 is 9.59 Å². The highest BCUT2D eigenvalue weighted by atomic mass is 16.2. The topological polar surface area (TPSA) is 40.6 Å². The molecule has 1 atom stereocenters. The standard InChI is InChI=1S/C8H14N2O2/c1-4-5-6-7(11)10(3)8(12)9(6)2/h6H,4-5H2,1-3H3. The molecule has 1 aliphatic rings. The molecule has 0 N–H and O–H groups in total. The van der Waals surface area contributed by atoms with Crippen molar-refractivity contribution in [2.75, 3.05) is 14.1 Å². The second kappa shape index (κ2) is 3.13. The zero-order chi connectivity index (χ0) is 9.30. The first-order valence-electron chi connectivity index (χ1n) is 4.14. The fraction of sp³-hybridized carbons (Fsp3) is 0.750. The number of urea groups is 1. The number of carbonyl (C=O) groups excluding carboxylic acids is 2. The first-order valence-corrected chi connectivity index (χ1v) is 4.14. The molecular weight excluding hydrogens is 156 g/mol. The summed E-state index contributed by atoms with van der Waals surface area (Å²) in [7, 11) is 3.20. The van der Waals surface area contributed by atoms with Gasteiger partial charge in [0.1, 0.15) is 6.04 Å². The van der Waals surface area contributed by atoms with Crippen molar-refractivity contribution in [3.05, 3.63) is 0 Å². The van der Waals surface area contributed by atoms with Crippen molar-refractivity contribution in [1.82, 2.24) is 9.80 Å². The van der Waals surface area contributed by atoms with Crippen LogP contribution in [0.3, 0.4) is 0 Å². The second-order valence-corrected chi connectivity index (χ2v) is 3.10. The molecule has 1 aliphatic heterocycles. The van der Waals surface area contributed by atoms with E-state index in [1.54, 1.807) is 7.05 Å². The van der Waals surface area contributed by atoms with Crippen LogP contribution < -0.4 is 0 Å². The maximum atomic E-state index is 11.4. The number of rotatable bonds is 2. The van der Waals surface area contributed by atoms with E-state index in [1.165, 1.54) is 16.8 Å². The summed E-state index contributed by atoms with van der Waals surface area (Å²) in [5.41, 5.74) is 0. The van der Waals surface area contributed by atoms with E-state index in [-0.39, 0.29) is 18.0 Å². The Balaban J connectivity index is 2.76.